The molecule has 0 spiro atoms. The Balaban J connectivity index is 0.00000176. The molecule has 1 N–H and O–H groups in total. The van der Waals surface area contributed by atoms with Crippen LogP contribution >= 0.6 is 12.4 Å². The van der Waals surface area contributed by atoms with E-state index >= 15 is 0 Å². The van der Waals surface area contributed by atoms with Crippen LogP contribution in [0.15, 0.2) is 10.7 Å². The summed E-state index contributed by atoms with van der Waals surface area (Å²) in [7, 11) is 4.00. The summed E-state index contributed by atoms with van der Waals surface area (Å²) in [4.78, 5) is 6.85. The minimum Gasteiger partial charge on any atom is -0.334 e. The van der Waals surface area contributed by atoms with Crippen molar-refractivity contribution in [2.45, 2.75) is 25.8 Å². The molecule has 0 aliphatic carbocycles. The molecule has 0 bridgehead atoms. The number of nitrogens with zero attached hydrogens (tertiary/aromatic N) is 5. The van der Waals surface area contributed by atoms with Gasteiger partial charge in [-0.3, -0.25) is 9.58 Å². The molecule has 1 saturated heterocycles. The highest BCUT2D eigenvalue weighted by molar-refractivity contribution is 5.85. The Morgan fingerprint density at radius 1 is 1.36 bits per heavy atom. The summed E-state index contributed by atoms with van der Waals surface area (Å²) in [6.07, 6.45) is 1.94. The predicted molar refractivity (Wildman–Crippen MR) is 86.1 cm³/mol. The topological polar surface area (TPSA) is 72.0 Å². The molecule has 2 aromatic heterocycles. The van der Waals surface area contributed by atoms with E-state index in [0.717, 1.165) is 36.7 Å². The van der Waals surface area contributed by atoms with E-state index < -0.39 is 0 Å². The molecule has 1 aliphatic heterocycles. The summed E-state index contributed by atoms with van der Waals surface area (Å²) in [5, 5.41) is 12.0. The molecular formula is C14H23ClN6O. The molecule has 3 rings (SSSR count). The Bertz CT molecular complexity index is 623. The van der Waals surface area contributed by atoms with E-state index in [9.17, 15) is 0 Å². The minimum atomic E-state index is 0. The summed E-state index contributed by atoms with van der Waals surface area (Å²) in [5.41, 5.74) is 1.92. The standard InChI is InChI=1S/C14H22N6O.ClH/c1-9(2)12-10(8-20(4)17-12)14-16-13(18-21-14)11-7-15-5-6-19(11)3;/h8-9,11,15H,5-7H2,1-4H3;1H. The maximum absolute atomic E-state index is 5.49. The van der Waals surface area contributed by atoms with E-state index in [4.69, 9.17) is 4.52 Å². The van der Waals surface area contributed by atoms with E-state index in [2.05, 4.69) is 46.4 Å². The fraction of sp³-hybridized carbons (Fsp3) is 0.643. The fourth-order valence-electron chi connectivity index (χ4n) is 2.67. The molecular weight excluding hydrogens is 304 g/mol. The van der Waals surface area contributed by atoms with Gasteiger partial charge in [0.25, 0.3) is 5.89 Å². The maximum atomic E-state index is 5.49. The molecule has 1 atom stereocenters. The van der Waals surface area contributed by atoms with Crippen molar-refractivity contribution >= 4 is 12.4 Å². The van der Waals surface area contributed by atoms with Gasteiger partial charge in [0.05, 0.1) is 17.3 Å². The summed E-state index contributed by atoms with van der Waals surface area (Å²) in [6.45, 7) is 7.06. The van der Waals surface area contributed by atoms with Crippen molar-refractivity contribution in [1.29, 1.82) is 0 Å². The first-order chi connectivity index (χ1) is 10.1. The van der Waals surface area contributed by atoms with Gasteiger partial charge in [0, 0.05) is 32.9 Å². The molecule has 8 heteroatoms. The quantitative estimate of drug-likeness (QED) is 0.923. The third-order valence-corrected chi connectivity index (χ3v) is 3.89. The van der Waals surface area contributed by atoms with Crippen LogP contribution in [0.4, 0.5) is 0 Å². The lowest BCUT2D eigenvalue weighted by molar-refractivity contribution is 0.190. The van der Waals surface area contributed by atoms with E-state index in [-0.39, 0.29) is 18.4 Å². The van der Waals surface area contributed by atoms with Crippen LogP contribution in [-0.4, -0.2) is 51.5 Å². The van der Waals surface area contributed by atoms with Gasteiger partial charge in [-0.15, -0.1) is 12.4 Å². The second-order valence-corrected chi connectivity index (χ2v) is 5.91. The van der Waals surface area contributed by atoms with Gasteiger partial charge in [0.2, 0.25) is 0 Å². The highest BCUT2D eigenvalue weighted by Gasteiger charge is 2.26. The van der Waals surface area contributed by atoms with Crippen LogP contribution < -0.4 is 5.32 Å². The van der Waals surface area contributed by atoms with Crippen LogP contribution in [0.5, 0.6) is 0 Å². The van der Waals surface area contributed by atoms with Gasteiger partial charge in [-0.05, 0) is 13.0 Å². The summed E-state index contributed by atoms with van der Waals surface area (Å²) < 4.78 is 7.28. The van der Waals surface area contributed by atoms with Crippen LogP contribution in [0.25, 0.3) is 11.5 Å². The average Bonchev–Trinajstić information content (AvgIpc) is 3.05. The van der Waals surface area contributed by atoms with Crippen molar-refractivity contribution in [3.05, 3.63) is 17.7 Å². The molecule has 0 saturated carbocycles. The molecule has 22 heavy (non-hydrogen) atoms. The average molecular weight is 327 g/mol. The first-order valence-corrected chi connectivity index (χ1v) is 7.34. The number of aromatic nitrogens is 4. The first kappa shape index (κ1) is 16.9. The second kappa shape index (κ2) is 6.76. The van der Waals surface area contributed by atoms with Gasteiger partial charge in [-0.1, -0.05) is 19.0 Å². The fourth-order valence-corrected chi connectivity index (χ4v) is 2.67. The van der Waals surface area contributed by atoms with E-state index in [0.29, 0.717) is 11.8 Å². The van der Waals surface area contributed by atoms with Crippen molar-refractivity contribution < 1.29 is 4.52 Å². The number of nitrogens with one attached hydrogen (secondary N) is 1. The molecule has 1 aliphatic rings. The summed E-state index contributed by atoms with van der Waals surface area (Å²) in [6, 6.07) is 0.162. The lowest BCUT2D eigenvalue weighted by atomic mass is 10.1. The van der Waals surface area contributed by atoms with Crippen molar-refractivity contribution in [2.24, 2.45) is 7.05 Å². The zero-order valence-corrected chi connectivity index (χ0v) is 14.2. The van der Waals surface area contributed by atoms with Crippen molar-refractivity contribution in [3.63, 3.8) is 0 Å². The number of halogens is 1. The number of aryl methyl sites for hydroxylation is 1. The van der Waals surface area contributed by atoms with Gasteiger partial charge in [-0.2, -0.15) is 10.1 Å². The molecule has 1 fully saturated rings. The molecule has 7 nitrogen and oxygen atoms in total. The Morgan fingerprint density at radius 2 is 2.14 bits per heavy atom. The Kier molecular flexibility index (Phi) is 5.20. The van der Waals surface area contributed by atoms with Gasteiger partial charge < -0.3 is 9.84 Å². The highest BCUT2D eigenvalue weighted by Crippen LogP contribution is 2.28. The number of hydrogen-bond acceptors (Lipinski definition) is 6. The van der Waals surface area contributed by atoms with Gasteiger partial charge in [0.15, 0.2) is 5.82 Å². The molecule has 0 aromatic carbocycles. The normalized spacial score (nSPS) is 19.4. The Hall–Kier alpha value is -1.44. The lowest BCUT2D eigenvalue weighted by Crippen LogP contribution is -2.44. The minimum absolute atomic E-state index is 0. The smallest absolute Gasteiger partial charge is 0.261 e. The van der Waals surface area contributed by atoms with Crippen LogP contribution in [0, 0.1) is 0 Å². The molecule has 0 amide bonds. The zero-order chi connectivity index (χ0) is 15.0. The largest absolute Gasteiger partial charge is 0.334 e. The van der Waals surface area contributed by atoms with Crippen LogP contribution in [-0.2, 0) is 7.05 Å². The van der Waals surface area contributed by atoms with Crippen molar-refractivity contribution in [2.75, 3.05) is 26.7 Å². The summed E-state index contributed by atoms with van der Waals surface area (Å²) in [5.74, 6) is 1.61. The third kappa shape index (κ3) is 3.16. The first-order valence-electron chi connectivity index (χ1n) is 7.34. The highest BCUT2D eigenvalue weighted by atomic mass is 35.5. The number of rotatable bonds is 3. The van der Waals surface area contributed by atoms with Gasteiger partial charge >= 0.3 is 0 Å². The van der Waals surface area contributed by atoms with Crippen LogP contribution in [0.2, 0.25) is 0 Å². The third-order valence-electron chi connectivity index (χ3n) is 3.89. The van der Waals surface area contributed by atoms with Crippen LogP contribution in [0.1, 0.15) is 37.3 Å². The predicted octanol–water partition coefficient (Wildman–Crippen LogP) is 1.59. The molecule has 1 unspecified atom stereocenters. The van der Waals surface area contributed by atoms with Crippen molar-refractivity contribution in [1.82, 2.24) is 30.1 Å². The van der Waals surface area contributed by atoms with Crippen LogP contribution in [0.3, 0.4) is 0 Å². The van der Waals surface area contributed by atoms with Gasteiger partial charge in [0.1, 0.15) is 0 Å². The van der Waals surface area contributed by atoms with E-state index in [1.54, 1.807) is 4.68 Å². The Morgan fingerprint density at radius 3 is 2.82 bits per heavy atom. The number of likely N-dealkylation sites (N-methyl/N-ethyl adjacent to an activating group) is 1. The van der Waals surface area contributed by atoms with Crippen molar-refractivity contribution in [3.8, 4) is 11.5 Å². The molecule has 0 radical (unpaired) electrons. The molecule has 3 heterocycles. The summed E-state index contributed by atoms with van der Waals surface area (Å²) >= 11 is 0. The Labute approximate surface area is 136 Å². The van der Waals surface area contributed by atoms with E-state index in [1.807, 2.05) is 13.2 Å². The molecule has 122 valence electrons. The number of piperazine rings is 1. The monoisotopic (exact) mass is 326 g/mol. The SMILES string of the molecule is CC(C)c1nn(C)cc1-c1nc(C2CNCCN2C)no1.Cl. The molecule has 2 aromatic rings. The zero-order valence-electron chi connectivity index (χ0n) is 13.4. The second-order valence-electron chi connectivity index (χ2n) is 5.91. The van der Waals surface area contributed by atoms with Gasteiger partial charge in [-0.25, -0.2) is 0 Å². The lowest BCUT2D eigenvalue weighted by Gasteiger charge is -2.30. The maximum Gasteiger partial charge on any atom is 0.261 e. The number of hydrogen-bond donors (Lipinski definition) is 1. The van der Waals surface area contributed by atoms with E-state index in [1.165, 1.54) is 0 Å².